The molecule has 0 saturated carbocycles. The number of rotatable bonds is 5. The molecule has 126 valence electrons. The SMILES string of the molecule is OC(CC1COCCN1Cc1csc2ccccc12)c1ccco1. The van der Waals surface area contributed by atoms with Crippen LogP contribution in [0.5, 0.6) is 0 Å². The number of benzene rings is 1. The lowest BCUT2D eigenvalue weighted by Gasteiger charge is -2.36. The van der Waals surface area contributed by atoms with Gasteiger partial charge < -0.3 is 14.3 Å². The lowest BCUT2D eigenvalue weighted by atomic mass is 10.0. The zero-order valence-electron chi connectivity index (χ0n) is 13.4. The summed E-state index contributed by atoms with van der Waals surface area (Å²) in [4.78, 5) is 2.42. The van der Waals surface area contributed by atoms with Crippen LogP contribution in [-0.2, 0) is 11.3 Å². The Hall–Kier alpha value is -1.66. The second kappa shape index (κ2) is 7.07. The van der Waals surface area contributed by atoms with E-state index in [1.54, 1.807) is 17.6 Å². The van der Waals surface area contributed by atoms with Crippen molar-refractivity contribution >= 4 is 21.4 Å². The van der Waals surface area contributed by atoms with Gasteiger partial charge in [-0.15, -0.1) is 11.3 Å². The molecule has 3 heterocycles. The second-order valence-electron chi connectivity index (χ2n) is 6.22. The fraction of sp³-hybridized carbons (Fsp3) is 0.368. The highest BCUT2D eigenvalue weighted by Gasteiger charge is 2.27. The highest BCUT2D eigenvalue weighted by atomic mass is 32.1. The first-order valence-electron chi connectivity index (χ1n) is 8.29. The molecule has 1 saturated heterocycles. The molecular formula is C19H21NO3S. The van der Waals surface area contributed by atoms with Gasteiger partial charge in [-0.3, -0.25) is 4.90 Å². The number of aliphatic hydroxyl groups is 1. The largest absolute Gasteiger partial charge is 0.467 e. The van der Waals surface area contributed by atoms with E-state index in [0.29, 0.717) is 18.8 Å². The van der Waals surface area contributed by atoms with Gasteiger partial charge in [0.15, 0.2) is 0 Å². The van der Waals surface area contributed by atoms with Gasteiger partial charge in [-0.05, 0) is 40.9 Å². The number of morpholine rings is 1. The van der Waals surface area contributed by atoms with E-state index in [0.717, 1.165) is 19.7 Å². The summed E-state index contributed by atoms with van der Waals surface area (Å²) in [5.41, 5.74) is 1.36. The van der Waals surface area contributed by atoms with E-state index < -0.39 is 6.10 Å². The fourth-order valence-electron chi connectivity index (χ4n) is 3.34. The van der Waals surface area contributed by atoms with Gasteiger partial charge in [-0.1, -0.05) is 18.2 Å². The molecule has 5 heteroatoms. The topological polar surface area (TPSA) is 45.8 Å². The van der Waals surface area contributed by atoms with Crippen LogP contribution in [0.25, 0.3) is 10.1 Å². The van der Waals surface area contributed by atoms with E-state index in [-0.39, 0.29) is 6.04 Å². The number of fused-ring (bicyclic) bond motifs is 1. The molecule has 2 atom stereocenters. The van der Waals surface area contributed by atoms with E-state index >= 15 is 0 Å². The van der Waals surface area contributed by atoms with Crippen LogP contribution >= 0.6 is 11.3 Å². The van der Waals surface area contributed by atoms with E-state index in [4.69, 9.17) is 9.15 Å². The number of aliphatic hydroxyl groups excluding tert-OH is 1. The Morgan fingerprint density at radius 1 is 1.25 bits per heavy atom. The number of hydrogen-bond acceptors (Lipinski definition) is 5. The minimum atomic E-state index is -0.589. The first-order valence-corrected chi connectivity index (χ1v) is 9.17. The van der Waals surface area contributed by atoms with Gasteiger partial charge in [0.1, 0.15) is 11.9 Å². The molecule has 0 spiro atoms. The summed E-state index contributed by atoms with van der Waals surface area (Å²) in [5, 5.41) is 14.0. The van der Waals surface area contributed by atoms with Crippen LogP contribution in [0.15, 0.2) is 52.5 Å². The van der Waals surface area contributed by atoms with Crippen LogP contribution in [-0.4, -0.2) is 35.8 Å². The molecule has 0 bridgehead atoms. The van der Waals surface area contributed by atoms with Crippen LogP contribution in [0, 0.1) is 0 Å². The summed E-state index contributed by atoms with van der Waals surface area (Å²) in [5.74, 6) is 0.626. The van der Waals surface area contributed by atoms with Crippen molar-refractivity contribution < 1.29 is 14.3 Å². The number of furan rings is 1. The number of hydrogen-bond donors (Lipinski definition) is 1. The predicted octanol–water partition coefficient (Wildman–Crippen LogP) is 3.82. The Morgan fingerprint density at radius 2 is 2.17 bits per heavy atom. The minimum Gasteiger partial charge on any atom is -0.467 e. The van der Waals surface area contributed by atoms with Crippen molar-refractivity contribution in [1.29, 1.82) is 0 Å². The molecule has 2 unspecified atom stereocenters. The summed E-state index contributed by atoms with van der Waals surface area (Å²) in [6.45, 7) is 3.18. The third kappa shape index (κ3) is 3.26. The molecule has 4 nitrogen and oxygen atoms in total. The van der Waals surface area contributed by atoms with Crippen LogP contribution in [0.2, 0.25) is 0 Å². The van der Waals surface area contributed by atoms with Gasteiger partial charge in [0.05, 0.1) is 19.5 Å². The van der Waals surface area contributed by atoms with Crippen LogP contribution in [0.1, 0.15) is 23.8 Å². The van der Waals surface area contributed by atoms with Gasteiger partial charge in [-0.2, -0.15) is 0 Å². The minimum absolute atomic E-state index is 0.192. The van der Waals surface area contributed by atoms with Gasteiger partial charge >= 0.3 is 0 Å². The zero-order valence-corrected chi connectivity index (χ0v) is 14.2. The Morgan fingerprint density at radius 3 is 3.04 bits per heavy atom. The number of nitrogens with zero attached hydrogens (tertiary/aromatic N) is 1. The predicted molar refractivity (Wildman–Crippen MR) is 95.1 cm³/mol. The maximum absolute atomic E-state index is 10.4. The third-order valence-electron chi connectivity index (χ3n) is 4.65. The first-order chi connectivity index (χ1) is 11.8. The Balaban J connectivity index is 1.49. The van der Waals surface area contributed by atoms with Crippen molar-refractivity contribution in [2.45, 2.75) is 25.1 Å². The Bertz CT molecular complexity index is 783. The molecule has 0 aliphatic carbocycles. The molecule has 0 radical (unpaired) electrons. The van der Waals surface area contributed by atoms with Crippen LogP contribution < -0.4 is 0 Å². The smallest absolute Gasteiger partial charge is 0.132 e. The van der Waals surface area contributed by atoms with E-state index in [1.807, 2.05) is 12.1 Å². The van der Waals surface area contributed by atoms with Crippen molar-refractivity contribution in [2.24, 2.45) is 0 Å². The lowest BCUT2D eigenvalue weighted by molar-refractivity contribution is -0.0321. The van der Waals surface area contributed by atoms with Gasteiger partial charge in [0.2, 0.25) is 0 Å². The van der Waals surface area contributed by atoms with Crippen molar-refractivity contribution in [3.05, 3.63) is 59.4 Å². The summed E-state index contributed by atoms with van der Waals surface area (Å²) >= 11 is 1.79. The number of ether oxygens (including phenoxy) is 1. The van der Waals surface area contributed by atoms with E-state index in [1.165, 1.54) is 15.6 Å². The average Bonchev–Trinajstić information content (AvgIpc) is 3.27. The fourth-order valence-corrected chi connectivity index (χ4v) is 4.30. The molecule has 2 aromatic heterocycles. The summed E-state index contributed by atoms with van der Waals surface area (Å²) in [7, 11) is 0. The van der Waals surface area contributed by atoms with Crippen LogP contribution in [0.3, 0.4) is 0 Å². The Labute approximate surface area is 145 Å². The maximum atomic E-state index is 10.4. The standard InChI is InChI=1S/C19H21NO3S/c21-17(18-5-3-8-23-18)10-15-12-22-9-7-20(15)11-14-13-24-19-6-2-1-4-16(14)19/h1-6,8,13,15,17,21H,7,9-12H2. The van der Waals surface area contributed by atoms with Crippen molar-refractivity contribution in [2.75, 3.05) is 19.8 Å². The normalized spacial score (nSPS) is 20.5. The molecular weight excluding hydrogens is 322 g/mol. The van der Waals surface area contributed by atoms with Crippen LogP contribution in [0.4, 0.5) is 0 Å². The summed E-state index contributed by atoms with van der Waals surface area (Å²) in [6, 6.07) is 12.4. The zero-order chi connectivity index (χ0) is 16.4. The average molecular weight is 343 g/mol. The summed E-state index contributed by atoms with van der Waals surface area (Å²) in [6.07, 6.45) is 1.63. The molecule has 1 aliphatic heterocycles. The quantitative estimate of drug-likeness (QED) is 0.765. The van der Waals surface area contributed by atoms with E-state index in [9.17, 15) is 5.11 Å². The molecule has 24 heavy (non-hydrogen) atoms. The number of thiophene rings is 1. The van der Waals surface area contributed by atoms with Gasteiger partial charge in [-0.25, -0.2) is 0 Å². The van der Waals surface area contributed by atoms with Crippen molar-refractivity contribution in [1.82, 2.24) is 4.90 Å². The monoisotopic (exact) mass is 343 g/mol. The molecule has 1 fully saturated rings. The second-order valence-corrected chi connectivity index (χ2v) is 7.13. The van der Waals surface area contributed by atoms with Gasteiger partial charge in [0.25, 0.3) is 0 Å². The molecule has 1 aromatic carbocycles. The third-order valence-corrected chi connectivity index (χ3v) is 5.66. The highest BCUT2D eigenvalue weighted by Crippen LogP contribution is 2.29. The lowest BCUT2D eigenvalue weighted by Crippen LogP contribution is -2.45. The molecule has 3 aromatic rings. The molecule has 4 rings (SSSR count). The summed E-state index contributed by atoms with van der Waals surface area (Å²) < 4.78 is 12.3. The van der Waals surface area contributed by atoms with Gasteiger partial charge in [0, 0.05) is 23.8 Å². The first kappa shape index (κ1) is 15.8. The Kier molecular flexibility index (Phi) is 4.67. The molecule has 1 N–H and O–H groups in total. The van der Waals surface area contributed by atoms with Crippen molar-refractivity contribution in [3.63, 3.8) is 0 Å². The molecule has 1 aliphatic rings. The highest BCUT2D eigenvalue weighted by molar-refractivity contribution is 7.17. The molecule has 0 amide bonds. The maximum Gasteiger partial charge on any atom is 0.132 e. The van der Waals surface area contributed by atoms with E-state index in [2.05, 4.69) is 34.5 Å². The van der Waals surface area contributed by atoms with Crippen molar-refractivity contribution in [3.8, 4) is 0 Å².